The molecule has 3 rings (SSSR count). The highest BCUT2D eigenvalue weighted by atomic mass is 32.2. The van der Waals surface area contributed by atoms with Crippen molar-refractivity contribution in [3.8, 4) is 23.0 Å². The lowest BCUT2D eigenvalue weighted by Gasteiger charge is -2.24. The Morgan fingerprint density at radius 1 is 1.04 bits per heavy atom. The maximum atomic E-state index is 14.2. The Morgan fingerprint density at radius 2 is 1.76 bits per heavy atom. The molecule has 2 aromatic carbocycles. The molecule has 18 heteroatoms. The van der Waals surface area contributed by atoms with Gasteiger partial charge >= 0.3 is 12.7 Å². The van der Waals surface area contributed by atoms with E-state index in [1.807, 2.05) is 25.5 Å². The van der Waals surface area contributed by atoms with E-state index in [1.54, 1.807) is 0 Å². The third-order valence-electron chi connectivity index (χ3n) is 6.43. The van der Waals surface area contributed by atoms with Crippen molar-refractivity contribution < 1.29 is 59.0 Å². The first kappa shape index (κ1) is 38.6. The van der Waals surface area contributed by atoms with Gasteiger partial charge < -0.3 is 29.7 Å². The third-order valence-corrected chi connectivity index (χ3v) is 7.03. The molecule has 3 amide bonds. The Balaban J connectivity index is 1.95. The van der Waals surface area contributed by atoms with Gasteiger partial charge in [-0.3, -0.25) is 14.3 Å². The lowest BCUT2D eigenvalue weighted by Crippen LogP contribution is -2.29. The number of sulfonamides is 1. The number of primary amides is 1. The average molecular weight is 717 g/mol. The molecule has 1 unspecified atom stereocenters. The molecule has 0 aliphatic rings. The van der Waals surface area contributed by atoms with Gasteiger partial charge in [-0.2, -0.15) is 8.78 Å². The number of nitrogens with two attached hydrogens (primary N) is 1. The number of nitrogens with one attached hydrogen (secondary N) is 2. The van der Waals surface area contributed by atoms with Crippen LogP contribution >= 0.6 is 0 Å². The molecule has 0 spiro atoms. The van der Waals surface area contributed by atoms with Crippen LogP contribution in [0.15, 0.2) is 40.8 Å². The number of hydrogen-bond acceptors (Lipinski definition) is 10. The summed E-state index contributed by atoms with van der Waals surface area (Å²) in [7, 11) is -3.72. The first-order valence-electron chi connectivity index (χ1n) is 14.7. The van der Waals surface area contributed by atoms with Gasteiger partial charge in [0, 0.05) is 30.2 Å². The Labute approximate surface area is 279 Å². The summed E-state index contributed by atoms with van der Waals surface area (Å²) in [6.45, 7) is 1.78. The van der Waals surface area contributed by atoms with Gasteiger partial charge in [0.25, 0.3) is 5.91 Å². The second kappa shape index (κ2) is 16.5. The summed E-state index contributed by atoms with van der Waals surface area (Å²) in [5.74, 6) is -4.31. The van der Waals surface area contributed by atoms with E-state index in [0.717, 1.165) is 24.5 Å². The minimum atomic E-state index is -3.72. The number of rotatable bonds is 16. The summed E-state index contributed by atoms with van der Waals surface area (Å²) in [6.07, 6.45) is -1.18. The average Bonchev–Trinajstić information content (AvgIpc) is 3.40. The molecule has 13 nitrogen and oxygen atoms in total. The Morgan fingerprint density at radius 3 is 2.37 bits per heavy atom. The molecule has 1 atom stereocenters. The number of halogens is 4. The Hall–Kier alpha value is -4.87. The van der Waals surface area contributed by atoms with Crippen molar-refractivity contribution in [2.75, 3.05) is 12.9 Å². The van der Waals surface area contributed by atoms with Crippen LogP contribution in [0.25, 0.3) is 11.5 Å². The summed E-state index contributed by atoms with van der Waals surface area (Å²) in [5, 5.41) is 2.47. The topological polar surface area (TPSA) is 189 Å². The quantitative estimate of drug-likeness (QED) is 0.129. The number of carbonyl (C=O) groups is 3. The molecule has 0 aliphatic heterocycles. The van der Waals surface area contributed by atoms with Crippen LogP contribution in [0, 0.1) is 17.0 Å². The number of ether oxygens (including phenoxy) is 3. The van der Waals surface area contributed by atoms with E-state index >= 15 is 0 Å². The van der Waals surface area contributed by atoms with E-state index in [9.17, 15) is 40.4 Å². The van der Waals surface area contributed by atoms with Gasteiger partial charge in [-0.25, -0.2) is 27.0 Å². The molecule has 0 aliphatic carbocycles. The molecule has 49 heavy (non-hydrogen) atoms. The van der Waals surface area contributed by atoms with Crippen LogP contribution < -0.4 is 25.2 Å². The fraction of sp³-hybridized carbons (Fsp3) is 0.419. The smallest absolute Gasteiger partial charge is 0.405 e. The van der Waals surface area contributed by atoms with Gasteiger partial charge in [0.05, 0.1) is 12.9 Å². The van der Waals surface area contributed by atoms with Crippen molar-refractivity contribution in [1.29, 1.82) is 0 Å². The van der Waals surface area contributed by atoms with Crippen molar-refractivity contribution >= 4 is 27.9 Å². The maximum absolute atomic E-state index is 14.2. The molecular formula is C31H36F4N4O9S. The number of aromatic nitrogens is 1. The van der Waals surface area contributed by atoms with Crippen LogP contribution in [0.4, 0.5) is 22.4 Å². The summed E-state index contributed by atoms with van der Waals surface area (Å²) < 4.78 is 99.6. The second-order valence-corrected chi connectivity index (χ2v) is 13.7. The van der Waals surface area contributed by atoms with Crippen LogP contribution in [-0.2, 0) is 26.1 Å². The monoisotopic (exact) mass is 716 g/mol. The van der Waals surface area contributed by atoms with Gasteiger partial charge in [-0.15, -0.1) is 0 Å². The van der Waals surface area contributed by atoms with E-state index in [1.165, 1.54) is 12.1 Å². The van der Waals surface area contributed by atoms with Gasteiger partial charge in [0.2, 0.25) is 21.8 Å². The molecule has 3 aromatic rings. The van der Waals surface area contributed by atoms with Crippen molar-refractivity contribution in [3.05, 3.63) is 65.1 Å². The van der Waals surface area contributed by atoms with Crippen LogP contribution in [-0.4, -0.2) is 50.8 Å². The number of amides is 3. The Kier molecular flexibility index (Phi) is 13.0. The number of oxazole rings is 1. The molecule has 268 valence electrons. The van der Waals surface area contributed by atoms with Crippen molar-refractivity contribution in [1.82, 2.24) is 15.0 Å². The molecule has 0 saturated heterocycles. The van der Waals surface area contributed by atoms with Gasteiger partial charge in [-0.1, -0.05) is 26.8 Å². The summed E-state index contributed by atoms with van der Waals surface area (Å²) >= 11 is 0. The molecule has 0 saturated carbocycles. The second-order valence-electron chi connectivity index (χ2n) is 12.0. The molecule has 4 N–H and O–H groups in total. The molecule has 0 fully saturated rings. The highest BCUT2D eigenvalue weighted by molar-refractivity contribution is 7.89. The molecule has 1 aromatic heterocycles. The Bertz CT molecular complexity index is 1760. The highest BCUT2D eigenvalue weighted by Gasteiger charge is 2.33. The number of alkyl halides is 2. The standard InChI is InChI=1S/C31H36F4N4O9S/c1-31(2,3)15-23(47-30(36)42)26-25(27(41)37-16-18-8-10-19(32)14-20(18)33)38-28(48-26)17-9-11-21(46-29(34)35)22(13-17)45-12-6-5-7-24(40)39-49(4,43)44/h8-11,13-14,23,29H,5-7,12,15-16H2,1-4H3,(H2,36,42)(H,37,41)(H,39,40). The van der Waals surface area contributed by atoms with Gasteiger partial charge in [-0.05, 0) is 48.9 Å². The largest absolute Gasteiger partial charge is 0.490 e. The van der Waals surface area contributed by atoms with Crippen LogP contribution in [0.1, 0.15) is 74.4 Å². The van der Waals surface area contributed by atoms with Crippen molar-refractivity contribution in [2.45, 2.75) is 65.7 Å². The fourth-order valence-corrected chi connectivity index (χ4v) is 4.94. The summed E-state index contributed by atoms with van der Waals surface area (Å²) in [6, 6.07) is 6.49. The van der Waals surface area contributed by atoms with E-state index in [2.05, 4.69) is 15.0 Å². The van der Waals surface area contributed by atoms with Gasteiger partial charge in [0.1, 0.15) is 11.6 Å². The third kappa shape index (κ3) is 12.6. The summed E-state index contributed by atoms with van der Waals surface area (Å²) in [4.78, 5) is 41.2. The molecule has 0 radical (unpaired) electrons. The molecule has 0 bridgehead atoms. The summed E-state index contributed by atoms with van der Waals surface area (Å²) in [5.41, 5.74) is 4.52. The zero-order chi connectivity index (χ0) is 36.5. The van der Waals surface area contributed by atoms with Crippen molar-refractivity contribution in [2.24, 2.45) is 11.1 Å². The molecule has 1 heterocycles. The number of nitrogens with zero attached hydrogens (tertiary/aromatic N) is 1. The maximum Gasteiger partial charge on any atom is 0.405 e. The number of benzene rings is 2. The number of hydrogen-bond donors (Lipinski definition) is 3. The van der Waals surface area contributed by atoms with E-state index in [-0.39, 0.29) is 78.8 Å². The highest BCUT2D eigenvalue weighted by Crippen LogP contribution is 2.38. The SMILES string of the molecule is CC(C)(C)CC(OC(N)=O)c1oc(-c2ccc(OC(F)F)c(OCCCCC(=O)NS(C)(=O)=O)c2)nc1C(=O)NCc1ccc(F)cc1F. The molecular weight excluding hydrogens is 680 g/mol. The van der Waals surface area contributed by atoms with Crippen LogP contribution in [0.5, 0.6) is 11.5 Å². The lowest BCUT2D eigenvalue weighted by molar-refractivity contribution is -0.119. The van der Waals surface area contributed by atoms with Gasteiger partial charge in [0.15, 0.2) is 29.1 Å². The number of unbranched alkanes of at least 4 members (excludes halogenated alkanes) is 1. The zero-order valence-electron chi connectivity index (χ0n) is 27.0. The van der Waals surface area contributed by atoms with Crippen LogP contribution in [0.2, 0.25) is 0 Å². The van der Waals surface area contributed by atoms with Crippen molar-refractivity contribution in [3.63, 3.8) is 0 Å². The lowest BCUT2D eigenvalue weighted by atomic mass is 9.88. The first-order chi connectivity index (χ1) is 22.8. The van der Waals surface area contributed by atoms with E-state index in [4.69, 9.17) is 19.6 Å². The fourth-order valence-electron chi connectivity index (χ4n) is 4.42. The zero-order valence-corrected chi connectivity index (χ0v) is 27.8. The minimum Gasteiger partial charge on any atom is -0.490 e. The predicted molar refractivity (Wildman–Crippen MR) is 166 cm³/mol. The van der Waals surface area contributed by atoms with E-state index in [0.29, 0.717) is 6.07 Å². The first-order valence-corrected chi connectivity index (χ1v) is 16.6. The van der Waals surface area contributed by atoms with E-state index < -0.39 is 57.7 Å². The normalized spacial score (nSPS) is 12.3. The van der Waals surface area contributed by atoms with Crippen LogP contribution in [0.3, 0.4) is 0 Å². The predicted octanol–water partition coefficient (Wildman–Crippen LogP) is 5.35. The minimum absolute atomic E-state index is 0.0351. The number of carbonyl (C=O) groups excluding carboxylic acids is 3.